The molecule has 0 bridgehead atoms. The van der Waals surface area contributed by atoms with E-state index in [1.165, 1.54) is 16.7 Å². The summed E-state index contributed by atoms with van der Waals surface area (Å²) < 4.78 is 7.65. The first-order valence-corrected chi connectivity index (χ1v) is 7.16. The number of benzene rings is 1. The maximum absolute atomic E-state index is 5.44. The van der Waals surface area contributed by atoms with Crippen molar-refractivity contribution < 1.29 is 4.74 Å². The van der Waals surface area contributed by atoms with Crippen LogP contribution in [0.1, 0.15) is 36.6 Å². The van der Waals surface area contributed by atoms with Gasteiger partial charge >= 0.3 is 0 Å². The molecule has 108 valence electrons. The van der Waals surface area contributed by atoms with E-state index in [2.05, 4.69) is 61.2 Å². The molecule has 2 rings (SSSR count). The first kappa shape index (κ1) is 14.7. The Morgan fingerprint density at radius 3 is 2.80 bits per heavy atom. The van der Waals surface area contributed by atoms with Crippen LogP contribution in [-0.4, -0.2) is 18.2 Å². The van der Waals surface area contributed by atoms with Gasteiger partial charge in [-0.1, -0.05) is 24.6 Å². The van der Waals surface area contributed by atoms with Crippen molar-refractivity contribution in [3.63, 3.8) is 0 Å². The van der Waals surface area contributed by atoms with Crippen molar-refractivity contribution in [2.75, 3.05) is 13.7 Å². The molecule has 0 aliphatic heterocycles. The second-order valence-corrected chi connectivity index (χ2v) is 5.21. The molecule has 1 atom stereocenters. The van der Waals surface area contributed by atoms with Gasteiger partial charge in [-0.15, -0.1) is 0 Å². The van der Waals surface area contributed by atoms with E-state index in [0.29, 0.717) is 6.04 Å². The molecule has 20 heavy (non-hydrogen) atoms. The fourth-order valence-corrected chi connectivity index (χ4v) is 2.47. The molecular formula is C17H24N2O. The SMILES string of the molecule is CCNC(C)c1ccn(Cc2cc(C)ccc2OC)c1. The summed E-state index contributed by atoms with van der Waals surface area (Å²) in [5.74, 6) is 0.950. The summed E-state index contributed by atoms with van der Waals surface area (Å²) in [4.78, 5) is 0. The quantitative estimate of drug-likeness (QED) is 0.870. The predicted molar refractivity (Wildman–Crippen MR) is 83.4 cm³/mol. The van der Waals surface area contributed by atoms with E-state index < -0.39 is 0 Å². The fraction of sp³-hybridized carbons (Fsp3) is 0.412. The second-order valence-electron chi connectivity index (χ2n) is 5.21. The highest BCUT2D eigenvalue weighted by Crippen LogP contribution is 2.22. The lowest BCUT2D eigenvalue weighted by atomic mass is 10.1. The zero-order valence-electron chi connectivity index (χ0n) is 12.8. The minimum absolute atomic E-state index is 0.389. The van der Waals surface area contributed by atoms with Crippen LogP contribution in [0.25, 0.3) is 0 Å². The second kappa shape index (κ2) is 6.62. The van der Waals surface area contributed by atoms with Crippen molar-refractivity contribution in [2.45, 2.75) is 33.4 Å². The largest absolute Gasteiger partial charge is 0.496 e. The van der Waals surface area contributed by atoms with E-state index in [0.717, 1.165) is 18.8 Å². The summed E-state index contributed by atoms with van der Waals surface area (Å²) in [6.45, 7) is 8.25. The molecule has 1 N–H and O–H groups in total. The molecule has 0 aliphatic rings. The van der Waals surface area contributed by atoms with Gasteiger partial charge in [0.05, 0.1) is 13.7 Å². The number of rotatable bonds is 6. The topological polar surface area (TPSA) is 26.2 Å². The zero-order valence-corrected chi connectivity index (χ0v) is 12.8. The summed E-state index contributed by atoms with van der Waals surface area (Å²) in [5.41, 5.74) is 3.79. The van der Waals surface area contributed by atoms with Crippen LogP contribution in [0.4, 0.5) is 0 Å². The maximum atomic E-state index is 5.44. The molecule has 0 saturated heterocycles. The van der Waals surface area contributed by atoms with Crippen LogP contribution in [0.15, 0.2) is 36.7 Å². The van der Waals surface area contributed by atoms with Crippen molar-refractivity contribution in [1.29, 1.82) is 0 Å². The van der Waals surface area contributed by atoms with Crippen molar-refractivity contribution in [2.24, 2.45) is 0 Å². The Balaban J connectivity index is 2.16. The number of hydrogen-bond acceptors (Lipinski definition) is 2. The molecular weight excluding hydrogens is 248 g/mol. The van der Waals surface area contributed by atoms with Gasteiger partial charge < -0.3 is 14.6 Å². The van der Waals surface area contributed by atoms with Gasteiger partial charge in [-0.05, 0) is 38.1 Å². The third-order valence-corrected chi connectivity index (χ3v) is 3.57. The lowest BCUT2D eigenvalue weighted by molar-refractivity contribution is 0.408. The molecule has 3 heteroatoms. The summed E-state index contributed by atoms with van der Waals surface area (Å²) in [6, 6.07) is 8.87. The Bertz CT molecular complexity index is 560. The van der Waals surface area contributed by atoms with Crippen LogP contribution in [0.3, 0.4) is 0 Å². The molecule has 1 unspecified atom stereocenters. The van der Waals surface area contributed by atoms with E-state index in [-0.39, 0.29) is 0 Å². The highest BCUT2D eigenvalue weighted by molar-refractivity contribution is 5.37. The van der Waals surface area contributed by atoms with Gasteiger partial charge in [0, 0.05) is 24.0 Å². The monoisotopic (exact) mass is 272 g/mol. The number of hydrogen-bond donors (Lipinski definition) is 1. The molecule has 1 heterocycles. The summed E-state index contributed by atoms with van der Waals surface area (Å²) >= 11 is 0. The van der Waals surface area contributed by atoms with Crippen LogP contribution >= 0.6 is 0 Å². The third-order valence-electron chi connectivity index (χ3n) is 3.57. The van der Waals surface area contributed by atoms with Crippen LogP contribution in [0.2, 0.25) is 0 Å². The molecule has 3 nitrogen and oxygen atoms in total. The van der Waals surface area contributed by atoms with Crippen molar-refractivity contribution in [3.05, 3.63) is 53.3 Å². The molecule has 0 radical (unpaired) electrons. The van der Waals surface area contributed by atoms with Crippen LogP contribution < -0.4 is 10.1 Å². The Morgan fingerprint density at radius 2 is 2.10 bits per heavy atom. The van der Waals surface area contributed by atoms with E-state index in [4.69, 9.17) is 4.74 Å². The average Bonchev–Trinajstić information content (AvgIpc) is 2.88. The lowest BCUT2D eigenvalue weighted by Crippen LogP contribution is -2.17. The van der Waals surface area contributed by atoms with E-state index in [1.54, 1.807) is 7.11 Å². The van der Waals surface area contributed by atoms with Crippen molar-refractivity contribution in [1.82, 2.24) is 9.88 Å². The van der Waals surface area contributed by atoms with Crippen molar-refractivity contribution in [3.8, 4) is 5.75 Å². The average molecular weight is 272 g/mol. The van der Waals surface area contributed by atoms with Crippen molar-refractivity contribution >= 4 is 0 Å². The standard InChI is InChI=1S/C17H24N2O/c1-5-18-14(3)15-8-9-19(11-15)12-16-10-13(2)6-7-17(16)20-4/h6-11,14,18H,5,12H2,1-4H3. The molecule has 0 saturated carbocycles. The van der Waals surface area contributed by atoms with E-state index in [9.17, 15) is 0 Å². The lowest BCUT2D eigenvalue weighted by Gasteiger charge is -2.11. The molecule has 0 fully saturated rings. The molecule has 1 aromatic carbocycles. The molecule has 2 aromatic rings. The maximum Gasteiger partial charge on any atom is 0.123 e. The Kier molecular flexibility index (Phi) is 4.85. The smallest absolute Gasteiger partial charge is 0.123 e. The van der Waals surface area contributed by atoms with E-state index in [1.807, 2.05) is 6.07 Å². The highest BCUT2D eigenvalue weighted by Gasteiger charge is 2.08. The number of nitrogens with zero attached hydrogens (tertiary/aromatic N) is 1. The van der Waals surface area contributed by atoms with E-state index >= 15 is 0 Å². The minimum atomic E-state index is 0.389. The van der Waals surface area contributed by atoms with Gasteiger partial charge in [-0.3, -0.25) is 0 Å². The molecule has 1 aromatic heterocycles. The number of ether oxygens (including phenoxy) is 1. The Morgan fingerprint density at radius 1 is 1.30 bits per heavy atom. The number of nitrogens with one attached hydrogen (secondary N) is 1. The van der Waals surface area contributed by atoms with Gasteiger partial charge in [-0.25, -0.2) is 0 Å². The Hall–Kier alpha value is -1.74. The zero-order chi connectivity index (χ0) is 14.5. The van der Waals surface area contributed by atoms with Gasteiger partial charge in [0.1, 0.15) is 5.75 Å². The normalized spacial score (nSPS) is 12.4. The first-order chi connectivity index (χ1) is 9.63. The number of methoxy groups -OCH3 is 1. The van der Waals surface area contributed by atoms with Crippen LogP contribution in [0.5, 0.6) is 5.75 Å². The molecule has 0 aliphatic carbocycles. The van der Waals surface area contributed by atoms with Gasteiger partial charge in [0.25, 0.3) is 0 Å². The third kappa shape index (κ3) is 3.42. The van der Waals surface area contributed by atoms with Gasteiger partial charge in [0.15, 0.2) is 0 Å². The van der Waals surface area contributed by atoms with Crippen LogP contribution in [0, 0.1) is 6.92 Å². The summed E-state index contributed by atoms with van der Waals surface area (Å²) in [5, 5.41) is 3.43. The minimum Gasteiger partial charge on any atom is -0.496 e. The predicted octanol–water partition coefficient (Wildman–Crippen LogP) is 3.52. The summed E-state index contributed by atoms with van der Waals surface area (Å²) in [6.07, 6.45) is 4.33. The fourth-order valence-electron chi connectivity index (χ4n) is 2.47. The van der Waals surface area contributed by atoms with Gasteiger partial charge in [0.2, 0.25) is 0 Å². The molecule has 0 spiro atoms. The van der Waals surface area contributed by atoms with Crippen LogP contribution in [-0.2, 0) is 6.54 Å². The van der Waals surface area contributed by atoms with Gasteiger partial charge in [-0.2, -0.15) is 0 Å². The molecule has 0 amide bonds. The summed E-state index contributed by atoms with van der Waals surface area (Å²) in [7, 11) is 1.72. The highest BCUT2D eigenvalue weighted by atomic mass is 16.5. The first-order valence-electron chi connectivity index (χ1n) is 7.16. The number of aryl methyl sites for hydroxylation is 1. The Labute approximate surface area is 121 Å². The number of aromatic nitrogens is 1.